The molecule has 1 aromatic heterocycles. The van der Waals surface area contributed by atoms with Crippen molar-refractivity contribution in [3.8, 4) is 5.75 Å². The molecule has 2 amide bonds. The number of nitrogens with zero attached hydrogens (tertiary/aromatic N) is 2. The molecule has 5 rings (SSSR count). The highest BCUT2D eigenvalue weighted by Crippen LogP contribution is 2.32. The summed E-state index contributed by atoms with van der Waals surface area (Å²) in [5, 5.41) is 4.24. The van der Waals surface area contributed by atoms with Crippen LogP contribution in [0.25, 0.3) is 10.9 Å². The number of fused-ring (bicyclic) bond motifs is 1. The van der Waals surface area contributed by atoms with Gasteiger partial charge in [-0.2, -0.15) is 0 Å². The van der Waals surface area contributed by atoms with E-state index >= 15 is 0 Å². The Morgan fingerprint density at radius 1 is 0.927 bits per heavy atom. The molecule has 2 aliphatic carbocycles. The molecule has 0 atom stereocenters. The van der Waals surface area contributed by atoms with Crippen LogP contribution in [0.5, 0.6) is 5.75 Å². The molecular weight excluding hydrogens is 538 g/mol. The number of carbonyl (C=O) groups excluding carboxylic acids is 3. The Kier molecular flexibility index (Phi) is 9.33. The predicted molar refractivity (Wildman–Crippen MR) is 162 cm³/mol. The van der Waals surface area contributed by atoms with Gasteiger partial charge in [-0.1, -0.05) is 50.1 Å². The van der Waals surface area contributed by atoms with Crippen molar-refractivity contribution in [2.45, 2.75) is 89.6 Å². The van der Waals surface area contributed by atoms with Crippen LogP contribution in [0.4, 0.5) is 0 Å². The Morgan fingerprint density at radius 3 is 2.12 bits per heavy atom. The monoisotopic (exact) mass is 577 g/mol. The molecule has 0 spiro atoms. The minimum Gasteiger partial charge on any atom is -0.497 e. The summed E-state index contributed by atoms with van der Waals surface area (Å²) in [6.45, 7) is 1.85. The number of methoxy groups -OCH3 is 1. The summed E-state index contributed by atoms with van der Waals surface area (Å²) in [5.41, 5.74) is 2.61. The quantitative estimate of drug-likeness (QED) is 0.333. The zero-order valence-electron chi connectivity index (χ0n) is 24.1. The maximum absolute atomic E-state index is 13.6. The number of amides is 2. The fourth-order valence-corrected chi connectivity index (χ4v) is 6.83. The highest BCUT2D eigenvalue weighted by Gasteiger charge is 2.32. The van der Waals surface area contributed by atoms with Crippen molar-refractivity contribution in [1.29, 1.82) is 0 Å². The van der Waals surface area contributed by atoms with E-state index in [1.165, 1.54) is 12.8 Å². The summed E-state index contributed by atoms with van der Waals surface area (Å²) in [6.07, 6.45) is 11.4. The molecule has 2 saturated carbocycles. The second-order valence-corrected chi connectivity index (χ2v) is 11.9. The van der Waals surface area contributed by atoms with Gasteiger partial charge in [0.15, 0.2) is 0 Å². The first-order chi connectivity index (χ1) is 19.9. The number of benzene rings is 2. The number of hydrogen-bond donors (Lipinski definition) is 1. The van der Waals surface area contributed by atoms with Crippen molar-refractivity contribution in [2.24, 2.45) is 0 Å². The maximum Gasteiger partial charge on any atom is 0.262 e. The van der Waals surface area contributed by atoms with Crippen LogP contribution in [-0.4, -0.2) is 52.9 Å². The minimum absolute atomic E-state index is 0.00342. The van der Waals surface area contributed by atoms with Crippen LogP contribution < -0.4 is 10.1 Å². The Balaban J connectivity index is 1.36. The molecule has 218 valence electrons. The van der Waals surface area contributed by atoms with Gasteiger partial charge in [-0.3, -0.25) is 19.0 Å². The van der Waals surface area contributed by atoms with Gasteiger partial charge in [-0.15, -0.1) is 0 Å². The average molecular weight is 578 g/mol. The van der Waals surface area contributed by atoms with Gasteiger partial charge in [0.2, 0.25) is 11.8 Å². The lowest BCUT2D eigenvalue weighted by atomic mass is 9.88. The van der Waals surface area contributed by atoms with Crippen molar-refractivity contribution >= 4 is 40.2 Å². The summed E-state index contributed by atoms with van der Waals surface area (Å²) in [5.74, 6) is 0.221. The topological polar surface area (TPSA) is 80.6 Å². The van der Waals surface area contributed by atoms with Crippen LogP contribution in [0.2, 0.25) is 5.02 Å². The summed E-state index contributed by atoms with van der Waals surface area (Å²) >= 11 is 6.04. The third kappa shape index (κ3) is 6.45. The molecular formula is C33H40ClN3O4. The first-order valence-electron chi connectivity index (χ1n) is 14.9. The lowest BCUT2D eigenvalue weighted by molar-refractivity contribution is -0.138. The Bertz CT molecular complexity index is 1380. The van der Waals surface area contributed by atoms with Crippen molar-refractivity contribution in [1.82, 2.24) is 14.8 Å². The third-order valence-electron chi connectivity index (χ3n) is 8.83. The molecule has 1 N–H and O–H groups in total. The summed E-state index contributed by atoms with van der Waals surface area (Å²) in [7, 11) is 1.59. The minimum atomic E-state index is -0.241. The van der Waals surface area contributed by atoms with Gasteiger partial charge >= 0.3 is 0 Å². The summed E-state index contributed by atoms with van der Waals surface area (Å²) < 4.78 is 7.09. The summed E-state index contributed by atoms with van der Waals surface area (Å²) in [4.78, 5) is 42.6. The molecule has 2 aliphatic rings. The standard InChI is InChI=1S/C33H40ClN3O4/c1-22-28(29-19-27(41-2)17-18-30(29)36(22)33(40)23-13-15-24(34)16-14-23)20-31(38)35-21-32(39)37(25-9-5-3-6-10-25)26-11-7-4-8-12-26/h13-19,25-26H,3-12,20-21H2,1-2H3,(H,35,38). The number of hydrogen-bond acceptors (Lipinski definition) is 4. The van der Waals surface area contributed by atoms with Gasteiger partial charge in [0.25, 0.3) is 5.91 Å². The second kappa shape index (κ2) is 13.1. The maximum atomic E-state index is 13.6. The third-order valence-corrected chi connectivity index (χ3v) is 9.09. The molecule has 0 aliphatic heterocycles. The smallest absolute Gasteiger partial charge is 0.262 e. The second-order valence-electron chi connectivity index (χ2n) is 11.4. The molecule has 0 unspecified atom stereocenters. The fourth-order valence-electron chi connectivity index (χ4n) is 6.71. The van der Waals surface area contributed by atoms with Crippen LogP contribution >= 0.6 is 11.6 Å². The van der Waals surface area contributed by atoms with Crippen molar-refractivity contribution in [3.63, 3.8) is 0 Å². The molecule has 1 heterocycles. The fraction of sp³-hybridized carbons (Fsp3) is 0.485. The van der Waals surface area contributed by atoms with Crippen molar-refractivity contribution in [2.75, 3.05) is 13.7 Å². The van der Waals surface area contributed by atoms with Gasteiger partial charge in [-0.25, -0.2) is 0 Å². The van der Waals surface area contributed by atoms with E-state index in [1.54, 1.807) is 42.0 Å². The van der Waals surface area contributed by atoms with E-state index in [2.05, 4.69) is 10.2 Å². The first-order valence-corrected chi connectivity index (χ1v) is 15.3. The number of nitrogens with one attached hydrogen (secondary N) is 1. The van der Waals surface area contributed by atoms with Crippen LogP contribution in [0.3, 0.4) is 0 Å². The van der Waals surface area contributed by atoms with Crippen molar-refractivity contribution in [3.05, 3.63) is 64.3 Å². The van der Waals surface area contributed by atoms with Crippen LogP contribution in [0, 0.1) is 6.92 Å². The van der Waals surface area contributed by atoms with E-state index in [4.69, 9.17) is 16.3 Å². The number of ether oxygens (including phenoxy) is 1. The molecule has 0 radical (unpaired) electrons. The molecule has 0 bridgehead atoms. The van der Waals surface area contributed by atoms with Gasteiger partial charge in [-0.05, 0) is 80.6 Å². The van der Waals surface area contributed by atoms with E-state index in [0.717, 1.165) is 62.3 Å². The van der Waals surface area contributed by atoms with E-state index in [0.29, 0.717) is 27.5 Å². The Morgan fingerprint density at radius 2 is 1.54 bits per heavy atom. The van der Waals surface area contributed by atoms with Crippen LogP contribution in [-0.2, 0) is 16.0 Å². The first kappa shape index (κ1) is 29.2. The van der Waals surface area contributed by atoms with Gasteiger partial charge in [0.1, 0.15) is 5.75 Å². The molecule has 7 nitrogen and oxygen atoms in total. The molecule has 2 fully saturated rings. The SMILES string of the molecule is COc1ccc2c(c1)c(CC(=O)NCC(=O)N(C1CCCCC1)C1CCCCC1)c(C)n2C(=O)c1ccc(Cl)cc1. The molecule has 2 aromatic carbocycles. The van der Waals surface area contributed by atoms with E-state index in [-0.39, 0.29) is 42.8 Å². The van der Waals surface area contributed by atoms with E-state index in [1.807, 2.05) is 19.1 Å². The number of aromatic nitrogens is 1. The van der Waals surface area contributed by atoms with Gasteiger partial charge < -0.3 is 15.0 Å². The van der Waals surface area contributed by atoms with Gasteiger partial charge in [0, 0.05) is 33.7 Å². The number of rotatable bonds is 8. The van der Waals surface area contributed by atoms with E-state index < -0.39 is 0 Å². The molecule has 8 heteroatoms. The Hall–Kier alpha value is -3.32. The van der Waals surface area contributed by atoms with E-state index in [9.17, 15) is 14.4 Å². The molecule has 41 heavy (non-hydrogen) atoms. The summed E-state index contributed by atoms with van der Waals surface area (Å²) in [6, 6.07) is 12.8. The van der Waals surface area contributed by atoms with Gasteiger partial charge in [0.05, 0.1) is 25.6 Å². The zero-order valence-corrected chi connectivity index (χ0v) is 24.8. The van der Waals surface area contributed by atoms with Crippen molar-refractivity contribution < 1.29 is 19.1 Å². The molecule has 0 saturated heterocycles. The largest absolute Gasteiger partial charge is 0.497 e. The lowest BCUT2D eigenvalue weighted by Crippen LogP contribution is -2.52. The highest BCUT2D eigenvalue weighted by atomic mass is 35.5. The normalized spacial score (nSPS) is 16.5. The highest BCUT2D eigenvalue weighted by molar-refractivity contribution is 6.30. The van der Waals surface area contributed by atoms with Crippen LogP contribution in [0.1, 0.15) is 85.8 Å². The number of carbonyl (C=O) groups is 3. The zero-order chi connectivity index (χ0) is 28.9. The number of halogens is 1. The lowest BCUT2D eigenvalue weighted by Gasteiger charge is -2.41. The predicted octanol–water partition coefficient (Wildman–Crippen LogP) is 6.45. The average Bonchev–Trinajstić information content (AvgIpc) is 3.27. The molecule has 3 aromatic rings. The van der Waals surface area contributed by atoms with Crippen LogP contribution in [0.15, 0.2) is 42.5 Å². The Labute approximate surface area is 247 Å².